The van der Waals surface area contributed by atoms with Crippen molar-refractivity contribution in [3.63, 3.8) is 0 Å². The zero-order valence-corrected chi connectivity index (χ0v) is 26.1. The number of carbonyl (C=O) groups excluding carboxylic acids is 1. The molecule has 1 unspecified atom stereocenters. The van der Waals surface area contributed by atoms with E-state index in [9.17, 15) is 9.90 Å². The number of morpholine rings is 1. The third-order valence-corrected chi connectivity index (χ3v) is 7.81. The van der Waals surface area contributed by atoms with Crippen molar-refractivity contribution in [1.29, 1.82) is 0 Å². The molecule has 8 nitrogen and oxygen atoms in total. The number of amides is 1. The molecule has 4 aromatic rings. The molecule has 4 aromatic carbocycles. The molecule has 0 aromatic heterocycles. The van der Waals surface area contributed by atoms with Crippen molar-refractivity contribution >= 4 is 5.91 Å². The fraction of sp³-hybridized carbons (Fsp3) is 0.342. The molecule has 1 amide bonds. The van der Waals surface area contributed by atoms with Crippen molar-refractivity contribution in [2.24, 2.45) is 0 Å². The molecule has 1 N–H and O–H groups in total. The average Bonchev–Trinajstić information content (AvgIpc) is 3.12. The van der Waals surface area contributed by atoms with Crippen LogP contribution in [0.2, 0.25) is 0 Å². The number of hydrogen-bond donors (Lipinski definition) is 1. The van der Waals surface area contributed by atoms with Gasteiger partial charge in [0.25, 0.3) is 5.91 Å². The van der Waals surface area contributed by atoms with Crippen molar-refractivity contribution < 1.29 is 33.6 Å². The first-order valence-electron chi connectivity index (χ1n) is 15.8. The van der Waals surface area contributed by atoms with Gasteiger partial charge in [0.15, 0.2) is 6.10 Å². The average molecular weight is 626 g/mol. The predicted molar refractivity (Wildman–Crippen MR) is 175 cm³/mol. The smallest absolute Gasteiger partial charge is 0.254 e. The number of ether oxygens (including phenoxy) is 5. The van der Waals surface area contributed by atoms with Gasteiger partial charge in [-0.3, -0.25) is 4.79 Å². The summed E-state index contributed by atoms with van der Waals surface area (Å²) in [7, 11) is 0. The maximum Gasteiger partial charge on any atom is 0.254 e. The zero-order valence-electron chi connectivity index (χ0n) is 26.1. The van der Waals surface area contributed by atoms with E-state index in [1.807, 2.05) is 121 Å². The zero-order chi connectivity index (χ0) is 31.8. The molecule has 8 heteroatoms. The van der Waals surface area contributed by atoms with Crippen LogP contribution in [-0.4, -0.2) is 73.2 Å². The summed E-state index contributed by atoms with van der Waals surface area (Å²) >= 11 is 0. The van der Waals surface area contributed by atoms with Crippen LogP contribution in [0.3, 0.4) is 0 Å². The first-order valence-corrected chi connectivity index (χ1v) is 15.8. The SMILES string of the molecule is O=C([C@H](OCc1ccccc1)[C@@H](OCc1ccccc1)[C@H](OCc1ccccc1)C(O)COCc1ccccc1)N1CCOCC1. The van der Waals surface area contributed by atoms with Crippen LogP contribution in [-0.2, 0) is 54.9 Å². The van der Waals surface area contributed by atoms with Gasteiger partial charge < -0.3 is 33.7 Å². The molecule has 4 atom stereocenters. The van der Waals surface area contributed by atoms with Gasteiger partial charge in [-0.25, -0.2) is 0 Å². The minimum absolute atomic E-state index is 0.0311. The first kappa shape index (κ1) is 33.5. The Labute approximate surface area is 271 Å². The summed E-state index contributed by atoms with van der Waals surface area (Å²) in [5.41, 5.74) is 3.75. The van der Waals surface area contributed by atoms with Crippen LogP contribution < -0.4 is 0 Å². The number of benzene rings is 4. The Kier molecular flexibility index (Phi) is 13.3. The molecule has 1 fully saturated rings. The highest BCUT2D eigenvalue weighted by Crippen LogP contribution is 2.23. The fourth-order valence-electron chi connectivity index (χ4n) is 5.31. The number of carbonyl (C=O) groups is 1. The van der Waals surface area contributed by atoms with Gasteiger partial charge in [0.2, 0.25) is 0 Å². The van der Waals surface area contributed by atoms with Crippen molar-refractivity contribution in [1.82, 2.24) is 4.90 Å². The van der Waals surface area contributed by atoms with E-state index in [0.717, 1.165) is 22.3 Å². The third kappa shape index (κ3) is 10.3. The topological polar surface area (TPSA) is 86.7 Å². The van der Waals surface area contributed by atoms with E-state index in [1.54, 1.807) is 4.90 Å². The lowest BCUT2D eigenvalue weighted by molar-refractivity contribution is -0.197. The summed E-state index contributed by atoms with van der Waals surface area (Å²) in [6.45, 7) is 2.61. The van der Waals surface area contributed by atoms with Crippen molar-refractivity contribution in [3.8, 4) is 0 Å². The second-order valence-corrected chi connectivity index (χ2v) is 11.2. The van der Waals surface area contributed by atoms with Crippen LogP contribution in [0, 0.1) is 0 Å². The summed E-state index contributed by atoms with van der Waals surface area (Å²) in [4.78, 5) is 16.0. The highest BCUT2D eigenvalue weighted by Gasteiger charge is 2.42. The Morgan fingerprint density at radius 3 is 1.50 bits per heavy atom. The second kappa shape index (κ2) is 18.3. The molecule has 1 aliphatic rings. The Balaban J connectivity index is 1.44. The second-order valence-electron chi connectivity index (χ2n) is 11.2. The Hall–Kier alpha value is -3.89. The summed E-state index contributed by atoms with van der Waals surface area (Å²) in [5, 5.41) is 11.7. The molecule has 0 aliphatic carbocycles. The molecule has 0 bridgehead atoms. The quantitative estimate of drug-likeness (QED) is 0.173. The highest BCUT2D eigenvalue weighted by atomic mass is 16.6. The molecule has 0 saturated carbocycles. The summed E-state index contributed by atoms with van der Waals surface area (Å²) in [6.07, 6.45) is -4.15. The van der Waals surface area contributed by atoms with E-state index in [-0.39, 0.29) is 32.3 Å². The van der Waals surface area contributed by atoms with Gasteiger partial charge in [0, 0.05) is 13.1 Å². The van der Waals surface area contributed by atoms with Crippen LogP contribution in [0.4, 0.5) is 0 Å². The normalized spacial score (nSPS) is 16.0. The minimum atomic E-state index is -1.13. The molecule has 242 valence electrons. The van der Waals surface area contributed by atoms with Crippen LogP contribution in [0.25, 0.3) is 0 Å². The molecule has 1 heterocycles. The van der Waals surface area contributed by atoms with E-state index in [4.69, 9.17) is 23.7 Å². The lowest BCUT2D eigenvalue weighted by Crippen LogP contribution is -2.57. The van der Waals surface area contributed by atoms with E-state index < -0.39 is 24.4 Å². The Bertz CT molecular complexity index is 1400. The van der Waals surface area contributed by atoms with E-state index >= 15 is 0 Å². The molecule has 1 saturated heterocycles. The summed E-state index contributed by atoms with van der Waals surface area (Å²) < 4.78 is 31.0. The molecule has 46 heavy (non-hydrogen) atoms. The molecule has 0 radical (unpaired) electrons. The van der Waals surface area contributed by atoms with Gasteiger partial charge >= 0.3 is 0 Å². The number of rotatable bonds is 17. The fourth-order valence-corrected chi connectivity index (χ4v) is 5.31. The largest absolute Gasteiger partial charge is 0.388 e. The number of nitrogens with zero attached hydrogens (tertiary/aromatic N) is 1. The van der Waals surface area contributed by atoms with Crippen LogP contribution in [0.15, 0.2) is 121 Å². The van der Waals surface area contributed by atoms with Crippen molar-refractivity contribution in [2.45, 2.75) is 50.8 Å². The monoisotopic (exact) mass is 625 g/mol. The van der Waals surface area contributed by atoms with Gasteiger partial charge in [-0.2, -0.15) is 0 Å². The lowest BCUT2D eigenvalue weighted by atomic mass is 10.0. The first-order chi connectivity index (χ1) is 22.7. The van der Waals surface area contributed by atoms with Crippen molar-refractivity contribution in [2.75, 3.05) is 32.9 Å². The maximum atomic E-state index is 14.3. The summed E-state index contributed by atoms with van der Waals surface area (Å²) in [5.74, 6) is -0.233. The Morgan fingerprint density at radius 2 is 1.02 bits per heavy atom. The molecule has 0 spiro atoms. The summed E-state index contributed by atoms with van der Waals surface area (Å²) in [6, 6.07) is 38.9. The minimum Gasteiger partial charge on any atom is -0.388 e. The van der Waals surface area contributed by atoms with Gasteiger partial charge in [0.1, 0.15) is 18.3 Å². The van der Waals surface area contributed by atoms with Gasteiger partial charge in [-0.15, -0.1) is 0 Å². The van der Waals surface area contributed by atoms with Gasteiger partial charge in [0.05, 0.1) is 46.2 Å². The molecule has 5 rings (SSSR count). The van der Waals surface area contributed by atoms with Gasteiger partial charge in [-0.1, -0.05) is 121 Å². The highest BCUT2D eigenvalue weighted by molar-refractivity contribution is 5.82. The van der Waals surface area contributed by atoms with Gasteiger partial charge in [-0.05, 0) is 22.3 Å². The van der Waals surface area contributed by atoms with E-state index in [2.05, 4.69) is 0 Å². The van der Waals surface area contributed by atoms with E-state index in [1.165, 1.54) is 0 Å². The molecular formula is C38H43NO7. The predicted octanol–water partition coefficient (Wildman–Crippen LogP) is 5.18. The van der Waals surface area contributed by atoms with Crippen LogP contribution >= 0.6 is 0 Å². The third-order valence-electron chi connectivity index (χ3n) is 7.81. The number of hydrogen-bond acceptors (Lipinski definition) is 7. The molecule has 1 aliphatic heterocycles. The van der Waals surface area contributed by atoms with Crippen LogP contribution in [0.5, 0.6) is 0 Å². The van der Waals surface area contributed by atoms with E-state index in [0.29, 0.717) is 32.9 Å². The number of aliphatic hydroxyl groups excluding tert-OH is 1. The van der Waals surface area contributed by atoms with Crippen LogP contribution in [0.1, 0.15) is 22.3 Å². The number of aliphatic hydroxyl groups is 1. The maximum absolute atomic E-state index is 14.3. The molecular weight excluding hydrogens is 582 g/mol. The Morgan fingerprint density at radius 1 is 0.609 bits per heavy atom. The standard InChI is InChI=1S/C38H43NO7/c40-34(29-43-25-30-13-5-1-6-14-30)35(44-26-31-15-7-2-8-16-31)36(45-27-32-17-9-3-10-18-32)37(38(41)39-21-23-42-24-22-39)46-28-33-19-11-4-12-20-33/h1-20,34-37,40H,21-29H2/t34?,35-,36+,37-/m1/s1. The lowest BCUT2D eigenvalue weighted by Gasteiger charge is -2.38. The van der Waals surface area contributed by atoms with Crippen molar-refractivity contribution in [3.05, 3.63) is 144 Å².